The zero-order valence-corrected chi connectivity index (χ0v) is 16.7. The summed E-state index contributed by atoms with van der Waals surface area (Å²) >= 11 is 1.46. The minimum Gasteiger partial charge on any atom is -0.451 e. The van der Waals surface area contributed by atoms with Crippen LogP contribution >= 0.6 is 11.3 Å². The summed E-state index contributed by atoms with van der Waals surface area (Å²) in [7, 11) is 0. The lowest BCUT2D eigenvalue weighted by Gasteiger charge is -2.24. The number of esters is 1. The van der Waals surface area contributed by atoms with Crippen molar-refractivity contribution in [3.8, 4) is 0 Å². The highest BCUT2D eigenvalue weighted by molar-refractivity contribution is 7.18. The maximum absolute atomic E-state index is 12.6. The molecule has 1 aliphatic rings. The first-order valence-corrected chi connectivity index (χ1v) is 10.1. The second-order valence-electron chi connectivity index (χ2n) is 7.12. The van der Waals surface area contributed by atoms with Crippen LogP contribution in [-0.2, 0) is 20.9 Å². The van der Waals surface area contributed by atoms with Crippen LogP contribution in [0.15, 0.2) is 11.1 Å². The molecule has 1 unspecified atom stereocenters. The molecule has 0 saturated heterocycles. The van der Waals surface area contributed by atoms with Crippen molar-refractivity contribution in [2.45, 2.75) is 71.6 Å². The molecule has 27 heavy (non-hydrogen) atoms. The number of nitrogens with one attached hydrogen (secondary N) is 1. The van der Waals surface area contributed by atoms with E-state index in [1.807, 2.05) is 13.8 Å². The Morgan fingerprint density at radius 1 is 1.33 bits per heavy atom. The Balaban J connectivity index is 1.62. The number of carbonyl (C=O) groups excluding carboxylic acids is 2. The van der Waals surface area contributed by atoms with Gasteiger partial charge in [0.25, 0.3) is 11.5 Å². The summed E-state index contributed by atoms with van der Waals surface area (Å²) in [5.74, 6) is -0.922. The van der Waals surface area contributed by atoms with Gasteiger partial charge in [-0.1, -0.05) is 19.3 Å². The highest BCUT2D eigenvalue weighted by atomic mass is 32.1. The molecule has 3 rings (SSSR count). The fourth-order valence-corrected chi connectivity index (χ4v) is 4.36. The second kappa shape index (κ2) is 8.21. The zero-order valence-electron chi connectivity index (χ0n) is 15.9. The first kappa shape index (κ1) is 19.5. The van der Waals surface area contributed by atoms with Crippen LogP contribution in [0.3, 0.4) is 0 Å². The SMILES string of the molecule is Cc1sc2ncn(CC(=O)OC(C)C(=O)NC3CCCCC3)c(=O)c2c1C. The number of carbonyl (C=O) groups is 2. The van der Waals surface area contributed by atoms with Gasteiger partial charge in [-0.05, 0) is 39.2 Å². The number of aromatic nitrogens is 2. The quantitative estimate of drug-likeness (QED) is 0.791. The van der Waals surface area contributed by atoms with Crippen LogP contribution in [0.1, 0.15) is 49.5 Å². The number of fused-ring (bicyclic) bond motifs is 1. The average Bonchev–Trinajstić information content (AvgIpc) is 2.93. The van der Waals surface area contributed by atoms with Gasteiger partial charge in [-0.3, -0.25) is 19.0 Å². The van der Waals surface area contributed by atoms with Crippen LogP contribution in [0.4, 0.5) is 0 Å². The van der Waals surface area contributed by atoms with Crippen molar-refractivity contribution in [2.75, 3.05) is 0 Å². The Hall–Kier alpha value is -2.22. The van der Waals surface area contributed by atoms with Gasteiger partial charge in [-0.15, -0.1) is 11.3 Å². The maximum Gasteiger partial charge on any atom is 0.326 e. The molecular weight excluding hydrogens is 366 g/mol. The molecule has 146 valence electrons. The van der Waals surface area contributed by atoms with Gasteiger partial charge in [0.2, 0.25) is 0 Å². The van der Waals surface area contributed by atoms with E-state index in [1.54, 1.807) is 6.92 Å². The molecule has 0 radical (unpaired) electrons. The standard InChI is InChI=1S/C19H25N3O4S/c1-11-13(3)27-18-16(11)19(25)22(10-20-18)9-15(23)26-12(2)17(24)21-14-7-5-4-6-8-14/h10,12,14H,4-9H2,1-3H3,(H,21,24). The van der Waals surface area contributed by atoms with E-state index in [1.165, 1.54) is 28.7 Å². The third kappa shape index (κ3) is 4.37. The second-order valence-corrected chi connectivity index (χ2v) is 8.32. The Bertz CT molecular complexity index is 912. The van der Waals surface area contributed by atoms with Gasteiger partial charge >= 0.3 is 5.97 Å². The molecular formula is C19H25N3O4S. The summed E-state index contributed by atoms with van der Waals surface area (Å²) in [5.41, 5.74) is 0.619. The molecule has 1 saturated carbocycles. The number of rotatable bonds is 5. The summed E-state index contributed by atoms with van der Waals surface area (Å²) < 4.78 is 6.46. The number of hydrogen-bond donors (Lipinski definition) is 1. The van der Waals surface area contributed by atoms with E-state index >= 15 is 0 Å². The number of amides is 1. The van der Waals surface area contributed by atoms with Crippen molar-refractivity contribution >= 4 is 33.4 Å². The predicted molar refractivity (Wildman–Crippen MR) is 104 cm³/mol. The summed E-state index contributed by atoms with van der Waals surface area (Å²) in [4.78, 5) is 43.0. The number of nitrogens with zero attached hydrogens (tertiary/aromatic N) is 2. The zero-order chi connectivity index (χ0) is 19.6. The van der Waals surface area contributed by atoms with Crippen molar-refractivity contribution in [3.05, 3.63) is 27.1 Å². The summed E-state index contributed by atoms with van der Waals surface area (Å²) in [6.45, 7) is 5.09. The van der Waals surface area contributed by atoms with E-state index in [9.17, 15) is 14.4 Å². The molecule has 7 nitrogen and oxygen atoms in total. The Morgan fingerprint density at radius 3 is 2.74 bits per heavy atom. The van der Waals surface area contributed by atoms with Crippen molar-refractivity contribution < 1.29 is 14.3 Å². The molecule has 1 fully saturated rings. The van der Waals surface area contributed by atoms with E-state index in [0.29, 0.717) is 10.2 Å². The lowest BCUT2D eigenvalue weighted by Crippen LogP contribution is -2.43. The molecule has 1 aliphatic carbocycles. The molecule has 0 aliphatic heterocycles. The first-order valence-electron chi connectivity index (χ1n) is 9.32. The highest BCUT2D eigenvalue weighted by Gasteiger charge is 2.23. The van der Waals surface area contributed by atoms with E-state index in [2.05, 4.69) is 10.3 Å². The lowest BCUT2D eigenvalue weighted by atomic mass is 9.95. The topological polar surface area (TPSA) is 90.3 Å². The minimum absolute atomic E-state index is 0.159. The number of thiophene rings is 1. The molecule has 2 aromatic heterocycles. The summed E-state index contributed by atoms with van der Waals surface area (Å²) in [6.07, 6.45) is 5.82. The summed E-state index contributed by atoms with van der Waals surface area (Å²) in [5, 5.41) is 3.48. The van der Waals surface area contributed by atoms with Gasteiger partial charge < -0.3 is 10.1 Å². The van der Waals surface area contributed by atoms with Crippen molar-refractivity contribution in [2.24, 2.45) is 0 Å². The minimum atomic E-state index is -0.892. The first-order chi connectivity index (χ1) is 12.9. The third-order valence-corrected chi connectivity index (χ3v) is 6.20. The average molecular weight is 391 g/mol. The van der Waals surface area contributed by atoms with E-state index in [0.717, 1.165) is 36.1 Å². The Kier molecular flexibility index (Phi) is 5.94. The van der Waals surface area contributed by atoms with E-state index in [-0.39, 0.29) is 24.1 Å². The van der Waals surface area contributed by atoms with Gasteiger partial charge in [0.1, 0.15) is 11.4 Å². The van der Waals surface area contributed by atoms with Gasteiger partial charge in [0.15, 0.2) is 6.10 Å². The van der Waals surface area contributed by atoms with Crippen molar-refractivity contribution in [3.63, 3.8) is 0 Å². The Labute approximate surface area is 161 Å². The lowest BCUT2D eigenvalue weighted by molar-refractivity contribution is -0.155. The molecule has 1 atom stereocenters. The van der Waals surface area contributed by atoms with E-state index < -0.39 is 12.1 Å². The summed E-state index contributed by atoms with van der Waals surface area (Å²) in [6, 6.07) is 0.159. The van der Waals surface area contributed by atoms with Gasteiger partial charge in [-0.25, -0.2) is 4.98 Å². The van der Waals surface area contributed by atoms with E-state index in [4.69, 9.17) is 4.74 Å². The molecule has 0 spiro atoms. The normalized spacial score (nSPS) is 16.3. The molecule has 2 aromatic rings. The monoisotopic (exact) mass is 391 g/mol. The van der Waals surface area contributed by atoms with Crippen LogP contribution in [0.25, 0.3) is 10.2 Å². The fraction of sp³-hybridized carbons (Fsp3) is 0.579. The number of ether oxygens (including phenoxy) is 1. The molecule has 2 heterocycles. The van der Waals surface area contributed by atoms with Crippen molar-refractivity contribution in [1.29, 1.82) is 0 Å². The molecule has 8 heteroatoms. The molecule has 1 amide bonds. The fourth-order valence-electron chi connectivity index (χ4n) is 3.38. The Morgan fingerprint density at radius 2 is 2.04 bits per heavy atom. The van der Waals surface area contributed by atoms with Gasteiger partial charge in [-0.2, -0.15) is 0 Å². The van der Waals surface area contributed by atoms with Gasteiger partial charge in [0.05, 0.1) is 11.7 Å². The number of hydrogen-bond acceptors (Lipinski definition) is 6. The predicted octanol–water partition coefficient (Wildman–Crippen LogP) is 2.46. The molecule has 0 bridgehead atoms. The van der Waals surface area contributed by atoms with Crippen LogP contribution in [0, 0.1) is 13.8 Å². The third-order valence-electron chi connectivity index (χ3n) is 5.08. The van der Waals surface area contributed by atoms with Crippen LogP contribution in [-0.4, -0.2) is 33.6 Å². The van der Waals surface area contributed by atoms with Gasteiger partial charge in [0, 0.05) is 10.9 Å². The smallest absolute Gasteiger partial charge is 0.326 e. The molecule has 1 N–H and O–H groups in total. The largest absolute Gasteiger partial charge is 0.451 e. The maximum atomic E-state index is 12.6. The van der Waals surface area contributed by atoms with Crippen LogP contribution < -0.4 is 10.9 Å². The van der Waals surface area contributed by atoms with Crippen LogP contribution in [0.2, 0.25) is 0 Å². The van der Waals surface area contributed by atoms with Crippen molar-refractivity contribution in [1.82, 2.24) is 14.9 Å². The van der Waals surface area contributed by atoms with Crippen LogP contribution in [0.5, 0.6) is 0 Å². The highest BCUT2D eigenvalue weighted by Crippen LogP contribution is 2.25. The number of aryl methyl sites for hydroxylation is 2. The molecule has 0 aromatic carbocycles.